The van der Waals surface area contributed by atoms with Crippen molar-refractivity contribution >= 4 is 39.7 Å². The normalized spacial score (nSPS) is 23.4. The molecule has 2 atom stereocenters. The van der Waals surface area contributed by atoms with Gasteiger partial charge in [0, 0.05) is 61.5 Å². The maximum Gasteiger partial charge on any atom is 0.419 e. The largest absolute Gasteiger partial charge is 0.419 e. The lowest BCUT2D eigenvalue weighted by atomic mass is 9.61. The summed E-state index contributed by atoms with van der Waals surface area (Å²) < 4.78 is 55.0. The van der Waals surface area contributed by atoms with E-state index in [2.05, 4.69) is 48.8 Å². The summed E-state index contributed by atoms with van der Waals surface area (Å²) in [6.45, 7) is 4.48. The second kappa shape index (κ2) is 12.5. The number of halogens is 3. The van der Waals surface area contributed by atoms with Gasteiger partial charge in [0.05, 0.1) is 33.7 Å². The number of nitrogens with zero attached hydrogens (tertiary/aromatic N) is 6. The fraction of sp³-hybridized carbons (Fsp3) is 0.594. The van der Waals surface area contributed by atoms with Gasteiger partial charge in [-0.1, -0.05) is 12.1 Å². The number of likely N-dealkylation sites (tertiary alicyclic amines) is 1. The maximum absolute atomic E-state index is 12.9. The lowest BCUT2D eigenvalue weighted by molar-refractivity contribution is -0.138. The molecule has 3 saturated heterocycles. The number of benzene rings is 1. The Bertz CT molecular complexity index is 1670. The van der Waals surface area contributed by atoms with Gasteiger partial charge >= 0.3 is 6.18 Å². The van der Waals surface area contributed by atoms with Crippen molar-refractivity contribution in [3.05, 3.63) is 47.4 Å². The number of imide groups is 1. The van der Waals surface area contributed by atoms with Crippen LogP contribution in [-0.4, -0.2) is 89.5 Å². The van der Waals surface area contributed by atoms with Crippen LogP contribution in [0.15, 0.2) is 30.6 Å². The van der Waals surface area contributed by atoms with E-state index in [0.29, 0.717) is 24.5 Å². The van der Waals surface area contributed by atoms with E-state index >= 15 is 0 Å². The van der Waals surface area contributed by atoms with E-state index in [1.54, 1.807) is 0 Å². The Kier molecular flexibility index (Phi) is 8.58. The number of nitrogens with one attached hydrogen (secondary N) is 2. The van der Waals surface area contributed by atoms with E-state index in [9.17, 15) is 27.0 Å². The molecule has 3 aliphatic heterocycles. The number of aromatic nitrogens is 4. The molecule has 2 unspecified atom stereocenters. The minimum absolute atomic E-state index is 0.117. The molecule has 0 bridgehead atoms. The van der Waals surface area contributed by atoms with E-state index in [1.165, 1.54) is 5.56 Å². The molecule has 1 aromatic carbocycles. The van der Waals surface area contributed by atoms with Crippen LogP contribution < -0.4 is 10.6 Å². The standard InChI is InChI=1S/C32H39F3N8O3S/c1-41-26-13-21(3-4-24(26)28(40-41)25-5-6-27(44)39-29(25)45)20-7-10-42(11-8-20)9-2-12-47(46)43-18-31(19-43)14-23(15-31)38-30-36-16-22(17-37-30)32(33,34)35/h3-4,13,16-17,20,23,25H,2,5-12,14-15,18-19H2,1H3,(H,36,37,38)(H,39,44,45). The van der Waals surface area contributed by atoms with E-state index in [-0.39, 0.29) is 29.2 Å². The molecular weight excluding hydrogens is 633 g/mol. The third kappa shape index (κ3) is 6.66. The highest BCUT2D eigenvalue weighted by atomic mass is 32.2. The third-order valence-electron chi connectivity index (χ3n) is 10.3. The first kappa shape index (κ1) is 32.1. The van der Waals surface area contributed by atoms with Gasteiger partial charge in [-0.2, -0.15) is 18.3 Å². The van der Waals surface area contributed by atoms with Gasteiger partial charge in [0.2, 0.25) is 17.8 Å². The van der Waals surface area contributed by atoms with Crippen molar-refractivity contribution in [1.82, 2.24) is 34.3 Å². The summed E-state index contributed by atoms with van der Waals surface area (Å²) in [5, 5.41) is 11.2. The zero-order chi connectivity index (χ0) is 32.9. The minimum atomic E-state index is -4.45. The fourth-order valence-corrected chi connectivity index (χ4v) is 9.19. The first-order valence-electron chi connectivity index (χ1n) is 16.3. The number of hydrogen-bond donors (Lipinski definition) is 2. The van der Waals surface area contributed by atoms with Crippen LogP contribution in [0.4, 0.5) is 19.1 Å². The number of aryl methyl sites for hydroxylation is 1. The number of alkyl halides is 3. The molecule has 7 rings (SSSR count). The van der Waals surface area contributed by atoms with Crippen LogP contribution in [0.1, 0.15) is 73.6 Å². The van der Waals surface area contributed by atoms with Gasteiger partial charge in [-0.25, -0.2) is 18.5 Å². The minimum Gasteiger partial charge on any atom is -0.351 e. The highest BCUT2D eigenvalue weighted by Crippen LogP contribution is 2.49. The number of hydrogen-bond acceptors (Lipinski definition) is 8. The first-order valence-corrected chi connectivity index (χ1v) is 17.6. The van der Waals surface area contributed by atoms with Crippen LogP contribution in [0.3, 0.4) is 0 Å². The smallest absolute Gasteiger partial charge is 0.351 e. The van der Waals surface area contributed by atoms with E-state index in [0.717, 1.165) is 93.8 Å². The van der Waals surface area contributed by atoms with Gasteiger partial charge in [0.1, 0.15) is 0 Å². The third-order valence-corrected chi connectivity index (χ3v) is 11.8. The summed E-state index contributed by atoms with van der Waals surface area (Å²) in [7, 11) is 0.891. The second-order valence-electron chi connectivity index (χ2n) is 13.6. The number of fused-ring (bicyclic) bond motifs is 1. The van der Waals surface area contributed by atoms with Crippen molar-refractivity contribution in [1.29, 1.82) is 0 Å². The molecule has 2 amide bonds. The summed E-state index contributed by atoms with van der Waals surface area (Å²) in [5.41, 5.74) is 2.29. The van der Waals surface area contributed by atoms with E-state index < -0.39 is 28.6 Å². The SMILES string of the molecule is Cn1nc(C2CCC(=O)NC2=O)c2ccc(C3CCN(CCCS(=O)N4CC5(CC(Nc6ncc(C(F)(F)F)cn6)C5)C4)CC3)cc21. The number of amides is 2. The molecule has 4 aliphatic rings. The van der Waals surface area contributed by atoms with Crippen LogP contribution in [0.5, 0.6) is 0 Å². The topological polar surface area (TPSA) is 125 Å². The van der Waals surface area contributed by atoms with Crippen molar-refractivity contribution in [2.75, 3.05) is 43.8 Å². The molecule has 5 heterocycles. The molecule has 3 aromatic rings. The molecule has 4 fully saturated rings. The summed E-state index contributed by atoms with van der Waals surface area (Å²) in [4.78, 5) is 34.1. The Balaban J connectivity index is 0.818. The van der Waals surface area contributed by atoms with Crippen LogP contribution in [0.25, 0.3) is 10.9 Å². The van der Waals surface area contributed by atoms with E-state index in [1.807, 2.05) is 16.0 Å². The Morgan fingerprint density at radius 3 is 2.49 bits per heavy atom. The average Bonchev–Trinajstić information content (AvgIpc) is 3.33. The van der Waals surface area contributed by atoms with Crippen molar-refractivity contribution in [2.45, 2.75) is 69.0 Å². The highest BCUT2D eigenvalue weighted by Gasteiger charge is 2.53. The lowest BCUT2D eigenvalue weighted by Gasteiger charge is -2.58. The number of rotatable bonds is 9. The van der Waals surface area contributed by atoms with Gasteiger partial charge < -0.3 is 10.2 Å². The molecule has 1 spiro atoms. The lowest BCUT2D eigenvalue weighted by Crippen LogP contribution is -2.65. The molecular formula is C32H39F3N8O3S. The molecule has 0 radical (unpaired) electrons. The van der Waals surface area contributed by atoms with Crippen LogP contribution in [-0.2, 0) is 33.8 Å². The number of carbonyl (C=O) groups excluding carboxylic acids is 2. The zero-order valence-electron chi connectivity index (χ0n) is 26.3. The highest BCUT2D eigenvalue weighted by molar-refractivity contribution is 7.82. The summed E-state index contributed by atoms with van der Waals surface area (Å²) in [5.74, 6) is 0.390. The summed E-state index contributed by atoms with van der Waals surface area (Å²) >= 11 is 0. The molecule has 2 N–H and O–H groups in total. The van der Waals surface area contributed by atoms with Gasteiger partial charge in [0.25, 0.3) is 0 Å². The van der Waals surface area contributed by atoms with Gasteiger partial charge in [0.15, 0.2) is 0 Å². The number of anilines is 1. The predicted octanol–water partition coefficient (Wildman–Crippen LogP) is 3.71. The van der Waals surface area contributed by atoms with Gasteiger partial charge in [-0.05, 0) is 75.7 Å². The van der Waals surface area contributed by atoms with Crippen LogP contribution >= 0.6 is 0 Å². The van der Waals surface area contributed by atoms with Crippen LogP contribution in [0.2, 0.25) is 0 Å². The van der Waals surface area contributed by atoms with Gasteiger partial charge in [-0.3, -0.25) is 19.6 Å². The van der Waals surface area contributed by atoms with Crippen molar-refractivity contribution in [3.63, 3.8) is 0 Å². The Labute approximate surface area is 273 Å². The fourth-order valence-electron chi connectivity index (χ4n) is 7.72. The van der Waals surface area contributed by atoms with Crippen LogP contribution in [0, 0.1) is 5.41 Å². The Morgan fingerprint density at radius 2 is 1.81 bits per heavy atom. The quantitative estimate of drug-likeness (QED) is 0.330. The van der Waals surface area contributed by atoms with Crippen molar-refractivity contribution < 1.29 is 27.0 Å². The molecule has 15 heteroatoms. The monoisotopic (exact) mass is 672 g/mol. The Hall–Kier alpha value is -3.43. The molecule has 1 aliphatic carbocycles. The zero-order valence-corrected chi connectivity index (χ0v) is 27.1. The van der Waals surface area contributed by atoms with Crippen molar-refractivity contribution in [3.8, 4) is 0 Å². The molecule has 11 nitrogen and oxygen atoms in total. The molecule has 1 saturated carbocycles. The maximum atomic E-state index is 12.9. The second-order valence-corrected chi connectivity index (χ2v) is 15.2. The van der Waals surface area contributed by atoms with E-state index in [4.69, 9.17) is 0 Å². The summed E-state index contributed by atoms with van der Waals surface area (Å²) in [6.07, 6.45) is 2.67. The molecule has 252 valence electrons. The predicted molar refractivity (Wildman–Crippen MR) is 170 cm³/mol. The van der Waals surface area contributed by atoms with Gasteiger partial charge in [-0.15, -0.1) is 0 Å². The molecule has 2 aromatic heterocycles. The first-order chi connectivity index (χ1) is 22.5. The molecule has 47 heavy (non-hydrogen) atoms. The average molecular weight is 673 g/mol. The number of piperidine rings is 2. The Morgan fingerprint density at radius 1 is 1.09 bits per heavy atom. The summed E-state index contributed by atoms with van der Waals surface area (Å²) in [6, 6.07) is 6.55. The van der Waals surface area contributed by atoms with Crippen molar-refractivity contribution in [2.24, 2.45) is 12.5 Å². The number of carbonyl (C=O) groups is 2.